The highest BCUT2D eigenvalue weighted by Crippen LogP contribution is 2.00. The van der Waals surface area contributed by atoms with Crippen LogP contribution in [0.25, 0.3) is 0 Å². The molecular formula is C6H6N2O4. The molecule has 0 aromatic carbocycles. The number of aliphatic carboxylic acids is 2. The van der Waals surface area contributed by atoms with Gasteiger partial charge in [-0.25, -0.2) is 14.6 Å². The van der Waals surface area contributed by atoms with Crippen LogP contribution in [0.1, 0.15) is 0 Å². The van der Waals surface area contributed by atoms with E-state index in [-0.39, 0.29) is 18.1 Å². The standard InChI is InChI=1S/C6H6N2O4/c9-5(10)3-1-2-7-4(8-3)6(11)12/h1H,2H2,(H,7,8)(H,9,10)(H,11,12). The van der Waals surface area contributed by atoms with Crippen LogP contribution in [0.5, 0.6) is 0 Å². The van der Waals surface area contributed by atoms with Gasteiger partial charge in [0.1, 0.15) is 5.70 Å². The summed E-state index contributed by atoms with van der Waals surface area (Å²) in [7, 11) is 0. The summed E-state index contributed by atoms with van der Waals surface area (Å²) in [5.74, 6) is -2.83. The maximum absolute atomic E-state index is 10.3. The van der Waals surface area contributed by atoms with Crippen molar-refractivity contribution in [1.82, 2.24) is 5.32 Å². The fourth-order valence-electron chi connectivity index (χ4n) is 0.709. The lowest BCUT2D eigenvalue weighted by atomic mass is 10.3. The van der Waals surface area contributed by atoms with Crippen molar-refractivity contribution in [2.75, 3.05) is 6.54 Å². The first-order chi connectivity index (χ1) is 5.61. The van der Waals surface area contributed by atoms with Crippen LogP contribution in [0, 0.1) is 0 Å². The molecule has 6 heteroatoms. The Morgan fingerprint density at radius 2 is 2.08 bits per heavy atom. The van der Waals surface area contributed by atoms with Crippen molar-refractivity contribution >= 4 is 17.8 Å². The summed E-state index contributed by atoms with van der Waals surface area (Å²) < 4.78 is 0. The van der Waals surface area contributed by atoms with Gasteiger partial charge < -0.3 is 15.5 Å². The third-order valence-electron chi connectivity index (χ3n) is 1.22. The van der Waals surface area contributed by atoms with Crippen LogP contribution in [-0.2, 0) is 9.59 Å². The third kappa shape index (κ3) is 1.60. The molecule has 1 aliphatic heterocycles. The van der Waals surface area contributed by atoms with Gasteiger partial charge in [0.05, 0.1) is 0 Å². The van der Waals surface area contributed by atoms with Gasteiger partial charge in [-0.05, 0) is 6.08 Å². The minimum Gasteiger partial charge on any atom is -0.477 e. The van der Waals surface area contributed by atoms with Gasteiger partial charge in [-0.1, -0.05) is 0 Å². The van der Waals surface area contributed by atoms with Gasteiger partial charge in [-0.3, -0.25) is 0 Å². The maximum atomic E-state index is 10.3. The van der Waals surface area contributed by atoms with E-state index in [1.807, 2.05) is 0 Å². The molecule has 0 radical (unpaired) electrons. The highest BCUT2D eigenvalue weighted by molar-refractivity contribution is 6.35. The van der Waals surface area contributed by atoms with E-state index >= 15 is 0 Å². The molecule has 3 N–H and O–H groups in total. The van der Waals surface area contributed by atoms with Gasteiger partial charge in [-0.2, -0.15) is 0 Å². The minimum absolute atomic E-state index is 0.173. The molecule has 0 amide bonds. The summed E-state index contributed by atoms with van der Waals surface area (Å²) in [4.78, 5) is 24.0. The van der Waals surface area contributed by atoms with Crippen molar-refractivity contribution in [2.45, 2.75) is 0 Å². The number of amidine groups is 1. The molecule has 1 heterocycles. The molecule has 0 unspecified atom stereocenters. The lowest BCUT2D eigenvalue weighted by Crippen LogP contribution is -2.34. The van der Waals surface area contributed by atoms with Crippen LogP contribution in [0.4, 0.5) is 0 Å². The molecule has 1 rings (SSSR count). The predicted molar refractivity (Wildman–Crippen MR) is 38.8 cm³/mol. The van der Waals surface area contributed by atoms with Crippen molar-refractivity contribution in [3.63, 3.8) is 0 Å². The van der Waals surface area contributed by atoms with E-state index in [1.54, 1.807) is 0 Å². The maximum Gasteiger partial charge on any atom is 0.371 e. The van der Waals surface area contributed by atoms with Crippen molar-refractivity contribution in [1.29, 1.82) is 0 Å². The number of hydrogen-bond acceptors (Lipinski definition) is 4. The van der Waals surface area contributed by atoms with Crippen LogP contribution in [-0.4, -0.2) is 34.5 Å². The molecule has 12 heavy (non-hydrogen) atoms. The molecule has 0 saturated carbocycles. The van der Waals surface area contributed by atoms with Gasteiger partial charge in [0.25, 0.3) is 0 Å². The van der Waals surface area contributed by atoms with Gasteiger partial charge >= 0.3 is 11.9 Å². The van der Waals surface area contributed by atoms with Crippen molar-refractivity contribution in [3.05, 3.63) is 11.8 Å². The van der Waals surface area contributed by atoms with Crippen LogP contribution in [0.2, 0.25) is 0 Å². The Hall–Kier alpha value is -1.85. The summed E-state index contributed by atoms with van der Waals surface area (Å²) >= 11 is 0. The molecule has 0 aromatic rings. The van der Waals surface area contributed by atoms with Crippen molar-refractivity contribution in [2.24, 2.45) is 4.99 Å². The number of nitrogens with one attached hydrogen (secondary N) is 1. The van der Waals surface area contributed by atoms with Crippen LogP contribution >= 0.6 is 0 Å². The zero-order valence-corrected chi connectivity index (χ0v) is 5.94. The number of carboxylic acid groups (broad SMARTS) is 2. The molecule has 0 saturated heterocycles. The van der Waals surface area contributed by atoms with Crippen LogP contribution in [0.3, 0.4) is 0 Å². The number of rotatable bonds is 2. The molecule has 0 bridgehead atoms. The van der Waals surface area contributed by atoms with E-state index in [2.05, 4.69) is 10.3 Å². The molecule has 6 nitrogen and oxygen atoms in total. The zero-order valence-electron chi connectivity index (χ0n) is 5.94. The second-order valence-electron chi connectivity index (χ2n) is 2.04. The third-order valence-corrected chi connectivity index (χ3v) is 1.22. The molecule has 64 valence electrons. The molecule has 0 aromatic heterocycles. The Bertz CT molecular complexity index is 292. The first-order valence-electron chi connectivity index (χ1n) is 3.10. The second-order valence-corrected chi connectivity index (χ2v) is 2.04. The van der Waals surface area contributed by atoms with E-state index in [0.29, 0.717) is 0 Å². The fourth-order valence-corrected chi connectivity index (χ4v) is 0.709. The van der Waals surface area contributed by atoms with Crippen LogP contribution in [0.15, 0.2) is 16.8 Å². The Balaban J connectivity index is 2.88. The summed E-state index contributed by atoms with van der Waals surface area (Å²) in [6.45, 7) is 0.173. The van der Waals surface area contributed by atoms with E-state index < -0.39 is 11.9 Å². The summed E-state index contributed by atoms with van der Waals surface area (Å²) in [5, 5.41) is 19.3. The van der Waals surface area contributed by atoms with Gasteiger partial charge in [0.15, 0.2) is 0 Å². The van der Waals surface area contributed by atoms with Gasteiger partial charge in [0, 0.05) is 6.54 Å². The topological polar surface area (TPSA) is 99.0 Å². The highest BCUT2D eigenvalue weighted by Gasteiger charge is 2.16. The van der Waals surface area contributed by atoms with Crippen LogP contribution < -0.4 is 5.32 Å². The van der Waals surface area contributed by atoms with E-state index in [9.17, 15) is 9.59 Å². The predicted octanol–water partition coefficient (Wildman–Crippen LogP) is -0.959. The van der Waals surface area contributed by atoms with Crippen molar-refractivity contribution < 1.29 is 19.8 Å². The SMILES string of the molecule is O=C(O)C1=CCNC(C(=O)O)=N1. The Morgan fingerprint density at radius 3 is 2.58 bits per heavy atom. The smallest absolute Gasteiger partial charge is 0.371 e. The van der Waals surface area contributed by atoms with E-state index in [0.717, 1.165) is 0 Å². The molecule has 0 atom stereocenters. The summed E-state index contributed by atoms with van der Waals surface area (Å²) in [6, 6.07) is 0. The summed E-state index contributed by atoms with van der Waals surface area (Å²) in [6.07, 6.45) is 1.30. The summed E-state index contributed by atoms with van der Waals surface area (Å²) in [5.41, 5.74) is -0.244. The Morgan fingerprint density at radius 1 is 1.42 bits per heavy atom. The second kappa shape index (κ2) is 3.04. The number of nitrogens with zero attached hydrogens (tertiary/aromatic N) is 1. The largest absolute Gasteiger partial charge is 0.477 e. The normalized spacial score (nSPS) is 15.7. The number of hydrogen-bond donors (Lipinski definition) is 3. The van der Waals surface area contributed by atoms with Gasteiger partial charge in [0.2, 0.25) is 5.84 Å². The minimum atomic E-state index is -1.26. The van der Waals surface area contributed by atoms with E-state index in [1.165, 1.54) is 6.08 Å². The Labute approximate surface area is 67.2 Å². The zero-order chi connectivity index (χ0) is 9.14. The quantitative estimate of drug-likeness (QED) is 0.495. The lowest BCUT2D eigenvalue weighted by Gasteiger charge is -2.08. The van der Waals surface area contributed by atoms with Crippen molar-refractivity contribution in [3.8, 4) is 0 Å². The molecular weight excluding hydrogens is 164 g/mol. The Kier molecular flexibility index (Phi) is 2.09. The average Bonchev–Trinajstić information content (AvgIpc) is 2.04. The number of carbonyl (C=O) groups is 2. The number of aliphatic imine (C=N–C) groups is 1. The first kappa shape index (κ1) is 8.25. The first-order valence-corrected chi connectivity index (χ1v) is 3.10. The fraction of sp³-hybridized carbons (Fsp3) is 0.167. The molecule has 0 spiro atoms. The highest BCUT2D eigenvalue weighted by atomic mass is 16.4. The molecule has 0 fully saturated rings. The number of carboxylic acids is 2. The average molecular weight is 170 g/mol. The van der Waals surface area contributed by atoms with E-state index in [4.69, 9.17) is 10.2 Å². The molecule has 0 aliphatic carbocycles. The lowest BCUT2D eigenvalue weighted by molar-refractivity contribution is -0.132. The molecule has 1 aliphatic rings. The van der Waals surface area contributed by atoms with Gasteiger partial charge in [-0.15, -0.1) is 0 Å². The monoisotopic (exact) mass is 170 g/mol.